The molecule has 0 aliphatic heterocycles. The average Bonchev–Trinajstić information content (AvgIpc) is 2.34. The fraction of sp³-hybridized carbons (Fsp3) is 0.222. The molecule has 0 bridgehead atoms. The van der Waals surface area contributed by atoms with E-state index in [1.807, 2.05) is 0 Å². The van der Waals surface area contributed by atoms with Crippen LogP contribution in [0.5, 0.6) is 0 Å². The highest BCUT2D eigenvalue weighted by atomic mass is 32.2. The third kappa shape index (κ3) is 3.81. The molecule has 0 heterocycles. The Hall–Kier alpha value is -1.88. The van der Waals surface area contributed by atoms with Gasteiger partial charge in [-0.25, -0.2) is 23.0 Å². The minimum atomic E-state index is -5.05. The number of hydrazine groups is 1. The van der Waals surface area contributed by atoms with Gasteiger partial charge in [0.2, 0.25) is 0 Å². The van der Waals surface area contributed by atoms with Crippen LogP contribution in [0.15, 0.2) is 23.1 Å². The number of carbonyl (C=O) groups excluding carboxylic acids is 1. The van der Waals surface area contributed by atoms with Gasteiger partial charge in [-0.2, -0.15) is 13.2 Å². The molecule has 0 aromatic heterocycles. The van der Waals surface area contributed by atoms with Gasteiger partial charge in [0.05, 0.1) is 17.6 Å². The fourth-order valence-corrected chi connectivity index (χ4v) is 1.96. The molecule has 1 amide bonds. The Morgan fingerprint density at radius 3 is 2.40 bits per heavy atom. The lowest BCUT2D eigenvalue weighted by Gasteiger charge is -2.11. The summed E-state index contributed by atoms with van der Waals surface area (Å²) in [6, 6.07) is 1.08. The van der Waals surface area contributed by atoms with Crippen molar-refractivity contribution in [3.8, 4) is 0 Å². The van der Waals surface area contributed by atoms with Crippen molar-refractivity contribution in [2.24, 2.45) is 0 Å². The van der Waals surface area contributed by atoms with Crippen LogP contribution in [0.25, 0.3) is 0 Å². The molecule has 0 radical (unpaired) electrons. The van der Waals surface area contributed by atoms with Gasteiger partial charge < -0.3 is 4.74 Å². The maximum Gasteiger partial charge on any atom is 0.422 e. The highest BCUT2D eigenvalue weighted by molar-refractivity contribution is 7.89. The van der Waals surface area contributed by atoms with E-state index in [1.54, 1.807) is 5.43 Å². The van der Waals surface area contributed by atoms with Gasteiger partial charge in [0.25, 0.3) is 10.0 Å². The SMILES string of the molecule is COC(=O)NNS(=O)(=O)c1ccc(F)c(C(F)(F)F)c1. The van der Waals surface area contributed by atoms with Gasteiger partial charge >= 0.3 is 12.3 Å². The summed E-state index contributed by atoms with van der Waals surface area (Å²) in [6.45, 7) is 0. The molecule has 0 atom stereocenters. The second-order valence-corrected chi connectivity index (χ2v) is 5.04. The Bertz CT molecular complexity index is 615. The Kier molecular flexibility index (Phi) is 4.55. The average molecular weight is 316 g/mol. The Morgan fingerprint density at radius 2 is 1.90 bits per heavy atom. The fourth-order valence-electron chi connectivity index (χ4n) is 1.11. The zero-order valence-corrected chi connectivity index (χ0v) is 10.6. The zero-order chi connectivity index (χ0) is 15.6. The van der Waals surface area contributed by atoms with E-state index >= 15 is 0 Å². The van der Waals surface area contributed by atoms with E-state index in [0.29, 0.717) is 12.1 Å². The number of hydrogen-bond acceptors (Lipinski definition) is 4. The number of carbonyl (C=O) groups is 1. The summed E-state index contributed by atoms with van der Waals surface area (Å²) in [4.78, 5) is 11.3. The van der Waals surface area contributed by atoms with Crippen LogP contribution in [0, 0.1) is 5.82 Å². The second-order valence-electron chi connectivity index (χ2n) is 3.36. The summed E-state index contributed by atoms with van der Waals surface area (Å²) >= 11 is 0. The number of halogens is 4. The molecule has 20 heavy (non-hydrogen) atoms. The van der Waals surface area contributed by atoms with E-state index in [9.17, 15) is 30.8 Å². The van der Waals surface area contributed by atoms with Crippen molar-refractivity contribution >= 4 is 16.1 Å². The van der Waals surface area contributed by atoms with Crippen LogP contribution >= 0.6 is 0 Å². The van der Waals surface area contributed by atoms with Crippen LogP contribution in [-0.2, 0) is 20.9 Å². The van der Waals surface area contributed by atoms with E-state index in [4.69, 9.17) is 0 Å². The van der Waals surface area contributed by atoms with E-state index in [0.717, 1.165) is 7.11 Å². The summed E-state index contributed by atoms with van der Waals surface area (Å²) in [7, 11) is -3.55. The molecule has 1 aromatic carbocycles. The predicted molar refractivity (Wildman–Crippen MR) is 57.3 cm³/mol. The number of benzene rings is 1. The molecule has 0 unspecified atom stereocenters. The van der Waals surface area contributed by atoms with E-state index in [1.165, 1.54) is 4.83 Å². The lowest BCUT2D eigenvalue weighted by molar-refractivity contribution is -0.140. The molecular formula is C9H8F4N2O4S. The van der Waals surface area contributed by atoms with Crippen LogP contribution in [0.3, 0.4) is 0 Å². The minimum Gasteiger partial charge on any atom is -0.452 e. The van der Waals surface area contributed by atoms with Gasteiger partial charge in [0, 0.05) is 0 Å². The maximum atomic E-state index is 13.0. The Balaban J connectivity index is 3.11. The first-order valence-corrected chi connectivity index (χ1v) is 6.29. The third-order valence-electron chi connectivity index (χ3n) is 2.03. The first kappa shape index (κ1) is 16.2. The molecule has 0 aliphatic carbocycles. The van der Waals surface area contributed by atoms with Crippen molar-refractivity contribution in [1.82, 2.24) is 10.3 Å². The van der Waals surface area contributed by atoms with Crippen LogP contribution in [0.2, 0.25) is 0 Å². The van der Waals surface area contributed by atoms with Crippen molar-refractivity contribution in [3.05, 3.63) is 29.6 Å². The second kappa shape index (κ2) is 5.63. The summed E-state index contributed by atoms with van der Waals surface area (Å²) < 4.78 is 77.5. The molecule has 1 aromatic rings. The number of hydrogen-bond donors (Lipinski definition) is 2. The molecule has 0 saturated carbocycles. The monoisotopic (exact) mass is 316 g/mol. The Labute approximate surface area is 110 Å². The van der Waals surface area contributed by atoms with Gasteiger partial charge in [-0.15, -0.1) is 4.83 Å². The van der Waals surface area contributed by atoms with Crippen molar-refractivity contribution < 1.29 is 35.5 Å². The standard InChI is InChI=1S/C9H8F4N2O4S/c1-19-8(16)14-15-20(17,18)5-2-3-7(10)6(4-5)9(11,12)13/h2-4,15H,1H3,(H,14,16). The highest BCUT2D eigenvalue weighted by Crippen LogP contribution is 2.32. The van der Waals surface area contributed by atoms with Gasteiger partial charge in [-0.1, -0.05) is 0 Å². The number of nitrogens with one attached hydrogen (secondary N) is 2. The zero-order valence-electron chi connectivity index (χ0n) is 9.79. The summed E-state index contributed by atoms with van der Waals surface area (Å²) in [5.74, 6) is -1.61. The number of rotatable bonds is 3. The van der Waals surface area contributed by atoms with Crippen LogP contribution in [0.1, 0.15) is 5.56 Å². The summed E-state index contributed by atoms with van der Waals surface area (Å²) in [5, 5.41) is 0. The van der Waals surface area contributed by atoms with Crippen LogP contribution in [0.4, 0.5) is 22.4 Å². The minimum absolute atomic E-state index is 0.108. The molecule has 11 heteroatoms. The molecule has 112 valence electrons. The van der Waals surface area contributed by atoms with Crippen molar-refractivity contribution in [3.63, 3.8) is 0 Å². The number of amides is 1. The van der Waals surface area contributed by atoms with Gasteiger partial charge in [0.1, 0.15) is 5.82 Å². The topological polar surface area (TPSA) is 84.5 Å². The van der Waals surface area contributed by atoms with E-state index < -0.39 is 38.6 Å². The van der Waals surface area contributed by atoms with Gasteiger partial charge in [0.15, 0.2) is 0 Å². The summed E-state index contributed by atoms with van der Waals surface area (Å²) in [5.41, 5.74) is -0.168. The first-order chi connectivity index (χ1) is 9.08. The van der Waals surface area contributed by atoms with E-state index in [2.05, 4.69) is 4.74 Å². The lowest BCUT2D eigenvalue weighted by atomic mass is 10.2. The quantitative estimate of drug-likeness (QED) is 0.652. The largest absolute Gasteiger partial charge is 0.452 e. The van der Waals surface area contributed by atoms with E-state index in [-0.39, 0.29) is 6.07 Å². The van der Waals surface area contributed by atoms with Gasteiger partial charge in [-0.3, -0.25) is 0 Å². The number of sulfonamides is 1. The lowest BCUT2D eigenvalue weighted by Crippen LogP contribution is -2.41. The normalized spacial score (nSPS) is 12.1. The maximum absolute atomic E-state index is 13.0. The van der Waals surface area contributed by atoms with Crippen molar-refractivity contribution in [1.29, 1.82) is 0 Å². The molecular weight excluding hydrogens is 308 g/mol. The van der Waals surface area contributed by atoms with Crippen LogP contribution < -0.4 is 10.3 Å². The smallest absolute Gasteiger partial charge is 0.422 e. The molecule has 0 saturated heterocycles. The van der Waals surface area contributed by atoms with Crippen molar-refractivity contribution in [2.75, 3.05) is 7.11 Å². The molecule has 0 fully saturated rings. The first-order valence-electron chi connectivity index (χ1n) is 4.80. The number of methoxy groups -OCH3 is 1. The summed E-state index contributed by atoms with van der Waals surface area (Å²) in [6.07, 6.45) is -6.22. The third-order valence-corrected chi connectivity index (χ3v) is 3.27. The van der Waals surface area contributed by atoms with Gasteiger partial charge in [-0.05, 0) is 18.2 Å². The molecule has 2 N–H and O–H groups in total. The highest BCUT2D eigenvalue weighted by Gasteiger charge is 2.35. The molecule has 1 rings (SSSR count). The molecule has 6 nitrogen and oxygen atoms in total. The number of alkyl halides is 3. The van der Waals surface area contributed by atoms with Crippen molar-refractivity contribution in [2.45, 2.75) is 11.1 Å². The molecule has 0 aliphatic rings. The molecule has 0 spiro atoms. The van der Waals surface area contributed by atoms with Crippen LogP contribution in [-0.4, -0.2) is 21.6 Å². The Morgan fingerprint density at radius 1 is 1.30 bits per heavy atom. The number of ether oxygens (including phenoxy) is 1. The predicted octanol–water partition coefficient (Wildman–Crippen LogP) is 1.39.